The minimum Gasteiger partial charge on any atom is -0.493 e. The van der Waals surface area contributed by atoms with Crippen molar-refractivity contribution in [3.8, 4) is 17.6 Å². The number of rotatable bonds is 7. The fourth-order valence-corrected chi connectivity index (χ4v) is 3.37. The summed E-state index contributed by atoms with van der Waals surface area (Å²) < 4.78 is 11.4. The summed E-state index contributed by atoms with van der Waals surface area (Å²) >= 11 is 6.11. The number of aryl methyl sites for hydroxylation is 2. The number of nitriles is 1. The van der Waals surface area contributed by atoms with Crippen LogP contribution in [0.2, 0.25) is 5.02 Å². The van der Waals surface area contributed by atoms with Crippen LogP contribution in [0.1, 0.15) is 27.8 Å². The molecule has 0 radical (unpaired) electrons. The van der Waals surface area contributed by atoms with E-state index in [0.717, 1.165) is 11.1 Å². The third-order valence-electron chi connectivity index (χ3n) is 5.35. The average molecular weight is 461 g/mol. The molecule has 1 amide bonds. The molecule has 6 heteroatoms. The maximum absolute atomic E-state index is 12.6. The summed E-state index contributed by atoms with van der Waals surface area (Å²) in [4.78, 5) is 12.6. The first-order valence-corrected chi connectivity index (χ1v) is 10.8. The first-order chi connectivity index (χ1) is 15.8. The van der Waals surface area contributed by atoms with Crippen molar-refractivity contribution in [2.75, 3.05) is 12.4 Å². The second-order valence-electron chi connectivity index (χ2n) is 7.65. The Hall–Kier alpha value is -3.75. The van der Waals surface area contributed by atoms with Crippen LogP contribution in [-0.2, 0) is 11.4 Å². The van der Waals surface area contributed by atoms with Gasteiger partial charge in [-0.15, -0.1) is 0 Å². The topological polar surface area (TPSA) is 71.3 Å². The van der Waals surface area contributed by atoms with Crippen LogP contribution in [0.4, 0.5) is 5.69 Å². The van der Waals surface area contributed by atoms with Crippen LogP contribution in [0.15, 0.2) is 60.2 Å². The van der Waals surface area contributed by atoms with Crippen molar-refractivity contribution < 1.29 is 14.3 Å². The molecule has 0 spiro atoms. The van der Waals surface area contributed by atoms with Gasteiger partial charge in [0.25, 0.3) is 5.91 Å². The van der Waals surface area contributed by atoms with Crippen molar-refractivity contribution in [1.82, 2.24) is 0 Å². The molecule has 3 rings (SSSR count). The van der Waals surface area contributed by atoms with Crippen molar-refractivity contribution in [3.05, 3.63) is 93.0 Å². The van der Waals surface area contributed by atoms with Crippen molar-refractivity contribution in [3.63, 3.8) is 0 Å². The Morgan fingerprint density at radius 2 is 1.85 bits per heavy atom. The SMILES string of the molecule is COc1cc(/C=C(\C#N)C(=O)Nc2cccc(Cl)c2C)ccc1OCc1ccc(C)c(C)c1. The van der Waals surface area contributed by atoms with E-state index in [9.17, 15) is 10.1 Å². The number of amides is 1. The van der Waals surface area contributed by atoms with Gasteiger partial charge in [0.2, 0.25) is 0 Å². The molecule has 0 saturated heterocycles. The van der Waals surface area contributed by atoms with Crippen LogP contribution in [0.5, 0.6) is 11.5 Å². The fraction of sp³-hybridized carbons (Fsp3) is 0.185. The minimum absolute atomic E-state index is 0.0415. The second kappa shape index (κ2) is 10.7. The molecule has 0 fully saturated rings. The Balaban J connectivity index is 1.77. The molecule has 0 heterocycles. The zero-order chi connectivity index (χ0) is 24.0. The van der Waals surface area contributed by atoms with Crippen LogP contribution >= 0.6 is 11.6 Å². The standard InChI is InChI=1S/C27H25ClN2O3/c1-17-8-9-21(12-18(17)2)16-33-25-11-10-20(14-26(25)32-4)13-22(15-29)27(31)30-24-7-5-6-23(28)19(24)3/h5-14H,16H2,1-4H3,(H,30,31)/b22-13+. The smallest absolute Gasteiger partial charge is 0.266 e. The Morgan fingerprint density at radius 1 is 1.06 bits per heavy atom. The fourth-order valence-electron chi connectivity index (χ4n) is 3.20. The van der Waals surface area contributed by atoms with Gasteiger partial charge in [-0.25, -0.2) is 0 Å². The molecule has 0 aliphatic carbocycles. The van der Waals surface area contributed by atoms with E-state index >= 15 is 0 Å². The maximum atomic E-state index is 12.6. The van der Waals surface area contributed by atoms with Crippen LogP contribution < -0.4 is 14.8 Å². The van der Waals surface area contributed by atoms with Gasteiger partial charge in [0.05, 0.1) is 7.11 Å². The molecule has 0 bridgehead atoms. The van der Waals surface area contributed by atoms with Gasteiger partial charge in [0, 0.05) is 10.7 Å². The maximum Gasteiger partial charge on any atom is 0.266 e. The number of methoxy groups -OCH3 is 1. The number of ether oxygens (including phenoxy) is 2. The molecule has 0 saturated carbocycles. The quantitative estimate of drug-likeness (QED) is 0.327. The second-order valence-corrected chi connectivity index (χ2v) is 8.06. The van der Waals surface area contributed by atoms with E-state index in [-0.39, 0.29) is 5.57 Å². The van der Waals surface area contributed by atoms with Crippen molar-refractivity contribution >= 4 is 29.3 Å². The van der Waals surface area contributed by atoms with Crippen LogP contribution in [-0.4, -0.2) is 13.0 Å². The number of carbonyl (C=O) groups is 1. The zero-order valence-electron chi connectivity index (χ0n) is 19.0. The third-order valence-corrected chi connectivity index (χ3v) is 5.75. The van der Waals surface area contributed by atoms with Crippen molar-refractivity contribution in [1.29, 1.82) is 5.26 Å². The molecule has 1 N–H and O–H groups in total. The summed E-state index contributed by atoms with van der Waals surface area (Å²) in [5.41, 5.74) is 5.39. The predicted octanol–water partition coefficient (Wildman–Crippen LogP) is 6.40. The Bertz CT molecular complexity index is 1260. The van der Waals surface area contributed by atoms with E-state index in [1.165, 1.54) is 17.2 Å². The van der Waals surface area contributed by atoms with Crippen molar-refractivity contribution in [2.24, 2.45) is 0 Å². The Morgan fingerprint density at radius 3 is 2.55 bits per heavy atom. The number of halogens is 1. The first kappa shape index (κ1) is 23.9. The lowest BCUT2D eigenvalue weighted by atomic mass is 10.1. The van der Waals surface area contributed by atoms with Gasteiger partial charge in [-0.05, 0) is 78.9 Å². The zero-order valence-corrected chi connectivity index (χ0v) is 19.8. The molecule has 0 aliphatic rings. The Labute approximate surface area is 199 Å². The highest BCUT2D eigenvalue weighted by Crippen LogP contribution is 2.30. The molecular weight excluding hydrogens is 436 g/mol. The molecule has 0 unspecified atom stereocenters. The summed E-state index contributed by atoms with van der Waals surface area (Å²) in [5.74, 6) is 0.568. The van der Waals surface area contributed by atoms with Crippen molar-refractivity contribution in [2.45, 2.75) is 27.4 Å². The molecule has 33 heavy (non-hydrogen) atoms. The lowest BCUT2D eigenvalue weighted by molar-refractivity contribution is -0.112. The number of carbonyl (C=O) groups excluding carboxylic acids is 1. The minimum atomic E-state index is -0.517. The summed E-state index contributed by atoms with van der Waals surface area (Å²) in [6.45, 7) is 6.34. The number of anilines is 1. The van der Waals surface area contributed by atoms with Gasteiger partial charge in [0.1, 0.15) is 18.2 Å². The van der Waals surface area contributed by atoms with E-state index in [1.807, 2.05) is 12.1 Å². The van der Waals surface area contributed by atoms with Gasteiger partial charge >= 0.3 is 0 Å². The highest BCUT2D eigenvalue weighted by molar-refractivity contribution is 6.31. The molecule has 0 aromatic heterocycles. The van der Waals surface area contributed by atoms with Crippen LogP contribution in [0.3, 0.4) is 0 Å². The van der Waals surface area contributed by atoms with Crippen LogP contribution in [0.25, 0.3) is 6.08 Å². The number of nitrogens with one attached hydrogen (secondary N) is 1. The van der Waals surface area contributed by atoms with E-state index in [2.05, 4.69) is 31.3 Å². The van der Waals surface area contributed by atoms with E-state index < -0.39 is 5.91 Å². The summed E-state index contributed by atoms with van der Waals surface area (Å²) in [7, 11) is 1.55. The molecule has 0 aliphatic heterocycles. The third kappa shape index (κ3) is 5.94. The van der Waals surface area contributed by atoms with Gasteiger partial charge in [-0.3, -0.25) is 4.79 Å². The molecule has 3 aromatic rings. The molecular formula is C27H25ClN2O3. The largest absolute Gasteiger partial charge is 0.493 e. The number of hydrogen-bond donors (Lipinski definition) is 1. The number of hydrogen-bond acceptors (Lipinski definition) is 4. The summed E-state index contributed by atoms with van der Waals surface area (Å²) in [6.07, 6.45) is 1.50. The lowest BCUT2D eigenvalue weighted by Crippen LogP contribution is -2.14. The predicted molar refractivity (Wildman–Crippen MR) is 132 cm³/mol. The van der Waals surface area contributed by atoms with Gasteiger partial charge < -0.3 is 14.8 Å². The summed E-state index contributed by atoms with van der Waals surface area (Å²) in [5, 5.41) is 12.8. The normalized spacial score (nSPS) is 11.0. The van der Waals surface area contributed by atoms with E-state index in [4.69, 9.17) is 21.1 Å². The van der Waals surface area contributed by atoms with Gasteiger partial charge in [-0.1, -0.05) is 41.9 Å². The van der Waals surface area contributed by atoms with Crippen LogP contribution in [0, 0.1) is 32.1 Å². The van der Waals surface area contributed by atoms with Gasteiger partial charge in [-0.2, -0.15) is 5.26 Å². The summed E-state index contributed by atoms with van der Waals surface area (Å²) in [6, 6.07) is 18.6. The highest BCUT2D eigenvalue weighted by atomic mass is 35.5. The van der Waals surface area contributed by atoms with E-state index in [0.29, 0.717) is 34.4 Å². The number of nitrogens with zero attached hydrogens (tertiary/aromatic N) is 1. The molecule has 5 nitrogen and oxygen atoms in total. The number of benzene rings is 3. The molecule has 3 aromatic carbocycles. The first-order valence-electron chi connectivity index (χ1n) is 10.4. The van der Waals surface area contributed by atoms with E-state index in [1.54, 1.807) is 50.4 Å². The lowest BCUT2D eigenvalue weighted by Gasteiger charge is -2.12. The monoisotopic (exact) mass is 460 g/mol. The highest BCUT2D eigenvalue weighted by Gasteiger charge is 2.13. The average Bonchev–Trinajstić information content (AvgIpc) is 2.81. The molecule has 0 atom stereocenters. The molecule has 168 valence electrons. The Kier molecular flexibility index (Phi) is 7.76. The van der Waals surface area contributed by atoms with Gasteiger partial charge in [0.15, 0.2) is 11.5 Å².